The van der Waals surface area contributed by atoms with Crippen molar-refractivity contribution in [3.05, 3.63) is 57.8 Å². The van der Waals surface area contributed by atoms with Crippen LogP contribution in [0.5, 0.6) is 5.75 Å². The highest BCUT2D eigenvalue weighted by Crippen LogP contribution is 2.21. The fourth-order valence-corrected chi connectivity index (χ4v) is 1.95. The van der Waals surface area contributed by atoms with Gasteiger partial charge in [0.1, 0.15) is 12.4 Å². The molecule has 1 heterocycles. The number of esters is 1. The fraction of sp³-hybridized carbons (Fsp3) is 0.133. The van der Waals surface area contributed by atoms with E-state index >= 15 is 0 Å². The molecule has 0 aliphatic carbocycles. The summed E-state index contributed by atoms with van der Waals surface area (Å²) in [5.74, 6) is 0.137. The number of hydrogen-bond acceptors (Lipinski definition) is 5. The van der Waals surface area contributed by atoms with Crippen LogP contribution in [0.1, 0.15) is 26.4 Å². The number of aromatic nitrogens is 1. The number of hydrogen-bond donors (Lipinski definition) is 0. The Morgan fingerprint density at radius 1 is 1.33 bits per heavy atom. The Kier molecular flexibility index (Phi) is 5.05. The van der Waals surface area contributed by atoms with Gasteiger partial charge in [-0.3, -0.25) is 9.78 Å². The van der Waals surface area contributed by atoms with Crippen LogP contribution in [0.3, 0.4) is 0 Å². The molecule has 0 fully saturated rings. The molecule has 5 nitrogen and oxygen atoms in total. The number of benzene rings is 1. The molecule has 0 atom stereocenters. The second kappa shape index (κ2) is 6.99. The SMILES string of the molecule is COC(=O)c1ccc(COc2ccc(Br)c(C=O)c2)nc1. The summed E-state index contributed by atoms with van der Waals surface area (Å²) in [6, 6.07) is 8.44. The Hall–Kier alpha value is -2.21. The monoisotopic (exact) mass is 349 g/mol. The van der Waals surface area contributed by atoms with Gasteiger partial charge in [-0.25, -0.2) is 4.79 Å². The number of rotatable bonds is 5. The third-order valence-corrected chi connectivity index (χ3v) is 3.45. The van der Waals surface area contributed by atoms with E-state index in [0.717, 1.165) is 6.29 Å². The van der Waals surface area contributed by atoms with E-state index in [2.05, 4.69) is 25.7 Å². The van der Waals surface area contributed by atoms with Gasteiger partial charge in [0.25, 0.3) is 0 Å². The van der Waals surface area contributed by atoms with E-state index in [1.165, 1.54) is 13.3 Å². The maximum Gasteiger partial charge on any atom is 0.339 e. The zero-order valence-electron chi connectivity index (χ0n) is 11.2. The Balaban J connectivity index is 2.03. The van der Waals surface area contributed by atoms with Gasteiger partial charge in [-0.1, -0.05) is 15.9 Å². The molecule has 0 saturated carbocycles. The van der Waals surface area contributed by atoms with Crippen LogP contribution in [-0.4, -0.2) is 24.3 Å². The molecule has 1 aromatic heterocycles. The van der Waals surface area contributed by atoms with Crippen molar-refractivity contribution in [1.29, 1.82) is 0 Å². The van der Waals surface area contributed by atoms with Gasteiger partial charge in [0.15, 0.2) is 6.29 Å². The fourth-order valence-electron chi connectivity index (χ4n) is 1.61. The van der Waals surface area contributed by atoms with Gasteiger partial charge in [0.2, 0.25) is 0 Å². The van der Waals surface area contributed by atoms with Crippen LogP contribution in [0.4, 0.5) is 0 Å². The summed E-state index contributed by atoms with van der Waals surface area (Å²) < 4.78 is 10.9. The molecule has 0 aliphatic heterocycles. The molecule has 0 spiro atoms. The van der Waals surface area contributed by atoms with Crippen LogP contribution < -0.4 is 4.74 Å². The lowest BCUT2D eigenvalue weighted by Gasteiger charge is -2.07. The van der Waals surface area contributed by atoms with E-state index in [1.807, 2.05) is 0 Å². The van der Waals surface area contributed by atoms with E-state index in [9.17, 15) is 9.59 Å². The van der Waals surface area contributed by atoms with E-state index in [4.69, 9.17) is 4.74 Å². The lowest BCUT2D eigenvalue weighted by atomic mass is 10.2. The lowest BCUT2D eigenvalue weighted by Crippen LogP contribution is -2.04. The van der Waals surface area contributed by atoms with Crippen molar-refractivity contribution in [2.24, 2.45) is 0 Å². The smallest absolute Gasteiger partial charge is 0.339 e. The maximum absolute atomic E-state index is 11.3. The van der Waals surface area contributed by atoms with Gasteiger partial charge >= 0.3 is 5.97 Å². The molecule has 2 aromatic rings. The van der Waals surface area contributed by atoms with Gasteiger partial charge in [-0.15, -0.1) is 0 Å². The minimum Gasteiger partial charge on any atom is -0.487 e. The van der Waals surface area contributed by atoms with Crippen LogP contribution in [0.15, 0.2) is 41.0 Å². The second-order valence-corrected chi connectivity index (χ2v) is 4.97. The molecule has 6 heteroatoms. The molecule has 21 heavy (non-hydrogen) atoms. The molecule has 0 aliphatic rings. The quantitative estimate of drug-likeness (QED) is 0.613. The summed E-state index contributed by atoms with van der Waals surface area (Å²) in [5.41, 5.74) is 1.56. The summed E-state index contributed by atoms with van der Waals surface area (Å²) >= 11 is 3.27. The molecule has 0 bridgehead atoms. The number of halogens is 1. The normalized spacial score (nSPS) is 10.0. The number of ether oxygens (including phenoxy) is 2. The topological polar surface area (TPSA) is 65.5 Å². The predicted octanol–water partition coefficient (Wildman–Crippen LogP) is 3.02. The number of pyridine rings is 1. The third kappa shape index (κ3) is 3.88. The minimum absolute atomic E-state index is 0.237. The van der Waals surface area contributed by atoms with Gasteiger partial charge in [0.05, 0.1) is 18.4 Å². The predicted molar refractivity (Wildman–Crippen MR) is 79.4 cm³/mol. The molecule has 0 radical (unpaired) electrons. The largest absolute Gasteiger partial charge is 0.487 e. The molecule has 2 rings (SSSR count). The van der Waals surface area contributed by atoms with Crippen molar-refractivity contribution < 1.29 is 19.1 Å². The van der Waals surface area contributed by atoms with E-state index < -0.39 is 5.97 Å². The van der Waals surface area contributed by atoms with E-state index in [0.29, 0.717) is 27.0 Å². The highest BCUT2D eigenvalue weighted by Gasteiger charge is 2.06. The first-order valence-corrected chi connectivity index (χ1v) is 6.84. The first kappa shape index (κ1) is 15.2. The summed E-state index contributed by atoms with van der Waals surface area (Å²) in [4.78, 5) is 26.2. The molecular formula is C15H12BrNO4. The van der Waals surface area contributed by atoms with Gasteiger partial charge in [-0.2, -0.15) is 0 Å². The first-order chi connectivity index (χ1) is 10.1. The minimum atomic E-state index is -0.432. The van der Waals surface area contributed by atoms with Crippen molar-refractivity contribution in [1.82, 2.24) is 4.98 Å². The van der Waals surface area contributed by atoms with Crippen molar-refractivity contribution in [2.75, 3.05) is 7.11 Å². The van der Waals surface area contributed by atoms with Gasteiger partial charge in [-0.05, 0) is 30.3 Å². The number of carbonyl (C=O) groups is 2. The van der Waals surface area contributed by atoms with Gasteiger partial charge < -0.3 is 9.47 Å². The highest BCUT2D eigenvalue weighted by molar-refractivity contribution is 9.10. The van der Waals surface area contributed by atoms with Crippen LogP contribution >= 0.6 is 15.9 Å². The molecule has 0 amide bonds. The van der Waals surface area contributed by atoms with Crippen LogP contribution in [0, 0.1) is 0 Å². The summed E-state index contributed by atoms with van der Waals surface area (Å²) in [6.07, 6.45) is 2.18. The number of carbonyl (C=O) groups excluding carboxylic acids is 2. The molecule has 1 aromatic carbocycles. The summed E-state index contributed by atoms with van der Waals surface area (Å²) in [5, 5.41) is 0. The summed E-state index contributed by atoms with van der Waals surface area (Å²) in [6.45, 7) is 0.237. The third-order valence-electron chi connectivity index (χ3n) is 2.73. The maximum atomic E-state index is 11.3. The standard InChI is InChI=1S/C15H12BrNO4/c1-20-15(19)10-2-3-12(17-7-10)9-21-13-4-5-14(16)11(6-13)8-18/h2-8H,9H2,1H3. The Morgan fingerprint density at radius 2 is 2.14 bits per heavy atom. The molecule has 0 unspecified atom stereocenters. The van der Waals surface area contributed by atoms with Crippen molar-refractivity contribution >= 4 is 28.2 Å². The first-order valence-electron chi connectivity index (χ1n) is 6.05. The molecule has 0 saturated heterocycles. The van der Waals surface area contributed by atoms with Crippen LogP contribution in [-0.2, 0) is 11.3 Å². The van der Waals surface area contributed by atoms with Gasteiger partial charge in [0, 0.05) is 16.2 Å². The second-order valence-electron chi connectivity index (χ2n) is 4.12. The van der Waals surface area contributed by atoms with Crippen LogP contribution in [0.2, 0.25) is 0 Å². The van der Waals surface area contributed by atoms with E-state index in [1.54, 1.807) is 30.3 Å². The van der Waals surface area contributed by atoms with Crippen molar-refractivity contribution in [3.63, 3.8) is 0 Å². The van der Waals surface area contributed by atoms with Crippen molar-refractivity contribution in [3.8, 4) is 5.75 Å². The van der Waals surface area contributed by atoms with Crippen molar-refractivity contribution in [2.45, 2.75) is 6.61 Å². The Morgan fingerprint density at radius 3 is 2.76 bits per heavy atom. The molecule has 108 valence electrons. The number of aldehydes is 1. The number of nitrogens with zero attached hydrogens (tertiary/aromatic N) is 1. The Labute approximate surface area is 130 Å². The summed E-state index contributed by atoms with van der Waals surface area (Å²) in [7, 11) is 1.32. The average molecular weight is 350 g/mol. The zero-order chi connectivity index (χ0) is 15.2. The molecule has 0 N–H and O–H groups in total. The van der Waals surface area contributed by atoms with E-state index in [-0.39, 0.29) is 6.61 Å². The van der Waals surface area contributed by atoms with Crippen LogP contribution in [0.25, 0.3) is 0 Å². The number of methoxy groups -OCH3 is 1. The lowest BCUT2D eigenvalue weighted by molar-refractivity contribution is 0.0600. The zero-order valence-corrected chi connectivity index (χ0v) is 12.8. The highest BCUT2D eigenvalue weighted by atomic mass is 79.9. The Bertz CT molecular complexity index is 655. The average Bonchev–Trinajstić information content (AvgIpc) is 2.53. The molecular weight excluding hydrogens is 338 g/mol.